The Morgan fingerprint density at radius 2 is 0.565 bits per heavy atom. The van der Waals surface area contributed by atoms with Gasteiger partial charge in [-0.15, -0.1) is 0 Å². The van der Waals surface area contributed by atoms with Crippen molar-refractivity contribution in [3.63, 3.8) is 0 Å². The molecular formula is C63H108O6. The highest BCUT2D eigenvalue weighted by molar-refractivity contribution is 5.71. The zero-order valence-electron chi connectivity index (χ0n) is 45.3. The largest absolute Gasteiger partial charge is 0.462 e. The number of hydrogen-bond acceptors (Lipinski definition) is 6. The molecular weight excluding hydrogens is 853 g/mol. The summed E-state index contributed by atoms with van der Waals surface area (Å²) in [6, 6.07) is 0. The van der Waals surface area contributed by atoms with Crippen molar-refractivity contribution in [3.05, 3.63) is 85.1 Å². The minimum Gasteiger partial charge on any atom is -0.462 e. The quantitative estimate of drug-likeness (QED) is 0.0199. The molecule has 0 radical (unpaired) electrons. The molecule has 0 aromatic heterocycles. The standard InChI is InChI=1S/C63H108O6/c1-4-7-10-13-16-19-22-25-28-30-32-34-35-38-41-44-47-50-53-56-62(65)68-59-60(58-67-61(64)55-52-49-46-43-40-37-27-24-21-18-15-12-9-6-3)69-63(66)57-54-51-48-45-42-39-36-33-31-29-26-23-20-17-14-11-8-5-2/h11,14,17,20,23,26,29-33,36-37,40,60H,4-10,12-13,15-16,18-19,21-22,24-25,27-28,34-35,38-39,41-59H2,1-3H3/b14-11-,20-17-,26-23-,31-29-,32-30-,36-33-,40-37-. The second-order valence-corrected chi connectivity index (χ2v) is 19.3. The van der Waals surface area contributed by atoms with E-state index in [-0.39, 0.29) is 31.1 Å². The molecule has 1 unspecified atom stereocenters. The van der Waals surface area contributed by atoms with Crippen LogP contribution >= 0.6 is 0 Å². The van der Waals surface area contributed by atoms with Crippen molar-refractivity contribution < 1.29 is 28.6 Å². The van der Waals surface area contributed by atoms with Crippen LogP contribution in [0.25, 0.3) is 0 Å². The minimum atomic E-state index is -0.799. The summed E-state index contributed by atoms with van der Waals surface area (Å²) in [5, 5.41) is 0. The molecule has 0 spiro atoms. The predicted octanol–water partition coefficient (Wildman–Crippen LogP) is 19.5. The molecule has 0 aliphatic heterocycles. The van der Waals surface area contributed by atoms with E-state index in [0.29, 0.717) is 19.3 Å². The van der Waals surface area contributed by atoms with Crippen LogP contribution in [-0.4, -0.2) is 37.2 Å². The lowest BCUT2D eigenvalue weighted by atomic mass is 10.1. The summed E-state index contributed by atoms with van der Waals surface area (Å²) in [6.45, 7) is 6.53. The molecule has 6 nitrogen and oxygen atoms in total. The number of carbonyl (C=O) groups is 3. The van der Waals surface area contributed by atoms with E-state index in [4.69, 9.17) is 14.2 Å². The lowest BCUT2D eigenvalue weighted by Crippen LogP contribution is -2.30. The van der Waals surface area contributed by atoms with Crippen molar-refractivity contribution in [1.29, 1.82) is 0 Å². The molecule has 69 heavy (non-hydrogen) atoms. The smallest absolute Gasteiger partial charge is 0.306 e. The van der Waals surface area contributed by atoms with E-state index in [1.807, 2.05) is 24.3 Å². The van der Waals surface area contributed by atoms with Crippen LogP contribution in [-0.2, 0) is 28.6 Å². The highest BCUT2D eigenvalue weighted by Crippen LogP contribution is 2.15. The molecule has 0 aromatic rings. The Hall–Kier alpha value is -3.41. The third-order valence-electron chi connectivity index (χ3n) is 12.5. The van der Waals surface area contributed by atoms with Crippen LogP contribution in [0.5, 0.6) is 0 Å². The Labute approximate surface area is 426 Å². The number of ether oxygens (including phenoxy) is 3. The molecule has 0 aliphatic carbocycles. The molecule has 396 valence electrons. The molecule has 0 bridgehead atoms. The minimum absolute atomic E-state index is 0.0939. The van der Waals surface area contributed by atoms with Crippen molar-refractivity contribution in [3.8, 4) is 0 Å². The zero-order valence-corrected chi connectivity index (χ0v) is 45.3. The normalized spacial score (nSPS) is 12.7. The maximum atomic E-state index is 12.9. The number of esters is 3. The van der Waals surface area contributed by atoms with Gasteiger partial charge in [-0.1, -0.05) is 254 Å². The fraction of sp³-hybridized carbons (Fsp3) is 0.730. The number of rotatable bonds is 52. The first-order chi connectivity index (χ1) is 34.0. The van der Waals surface area contributed by atoms with E-state index in [9.17, 15) is 14.4 Å². The predicted molar refractivity (Wildman–Crippen MR) is 297 cm³/mol. The van der Waals surface area contributed by atoms with E-state index in [2.05, 4.69) is 81.5 Å². The van der Waals surface area contributed by atoms with E-state index in [1.54, 1.807) is 0 Å². The molecule has 6 heteroatoms. The number of hydrogen-bond donors (Lipinski definition) is 0. The van der Waals surface area contributed by atoms with Crippen molar-refractivity contribution in [1.82, 2.24) is 0 Å². The first-order valence-electron chi connectivity index (χ1n) is 29.2. The molecule has 1 atom stereocenters. The van der Waals surface area contributed by atoms with Crippen LogP contribution < -0.4 is 0 Å². The lowest BCUT2D eigenvalue weighted by molar-refractivity contribution is -0.167. The van der Waals surface area contributed by atoms with Crippen LogP contribution in [0, 0.1) is 0 Å². The van der Waals surface area contributed by atoms with Gasteiger partial charge in [0.1, 0.15) is 13.2 Å². The van der Waals surface area contributed by atoms with Gasteiger partial charge in [0.15, 0.2) is 6.10 Å². The Morgan fingerprint density at radius 1 is 0.290 bits per heavy atom. The Morgan fingerprint density at radius 3 is 0.928 bits per heavy atom. The van der Waals surface area contributed by atoms with Crippen molar-refractivity contribution in [2.75, 3.05) is 13.2 Å². The van der Waals surface area contributed by atoms with Gasteiger partial charge in [-0.05, 0) is 89.9 Å². The van der Waals surface area contributed by atoms with Gasteiger partial charge in [0.05, 0.1) is 0 Å². The summed E-state index contributed by atoms with van der Waals surface area (Å²) in [4.78, 5) is 38.2. The Kier molecular flexibility index (Phi) is 54.3. The molecule has 0 aromatic carbocycles. The van der Waals surface area contributed by atoms with Gasteiger partial charge in [0.2, 0.25) is 0 Å². The van der Waals surface area contributed by atoms with E-state index in [0.717, 1.165) is 96.3 Å². The second-order valence-electron chi connectivity index (χ2n) is 19.3. The molecule has 0 amide bonds. The van der Waals surface area contributed by atoms with E-state index in [1.165, 1.54) is 141 Å². The Bertz CT molecular complexity index is 1330. The summed E-state index contributed by atoms with van der Waals surface area (Å²) in [7, 11) is 0. The molecule has 0 aliphatic rings. The SMILES string of the molecule is CCC\C=C/C=C\C=C/C=C\C=C/CCCCCCCC(=O)OC(COC(=O)CCCCC/C=C\CCCCCCCCC)COC(=O)CCCCCCCCC/C=C\CCCCCCCCCC. The first-order valence-corrected chi connectivity index (χ1v) is 29.2. The third kappa shape index (κ3) is 55.4. The van der Waals surface area contributed by atoms with Crippen LogP contribution in [0.2, 0.25) is 0 Å². The van der Waals surface area contributed by atoms with E-state index >= 15 is 0 Å². The van der Waals surface area contributed by atoms with Crippen molar-refractivity contribution >= 4 is 17.9 Å². The fourth-order valence-corrected chi connectivity index (χ4v) is 8.05. The van der Waals surface area contributed by atoms with Gasteiger partial charge < -0.3 is 14.2 Å². The van der Waals surface area contributed by atoms with Gasteiger partial charge in [0.25, 0.3) is 0 Å². The van der Waals surface area contributed by atoms with Gasteiger partial charge in [0, 0.05) is 19.3 Å². The monoisotopic (exact) mass is 961 g/mol. The van der Waals surface area contributed by atoms with Crippen molar-refractivity contribution in [2.24, 2.45) is 0 Å². The Balaban J connectivity index is 4.45. The summed E-state index contributed by atoms with van der Waals surface area (Å²) in [5.41, 5.74) is 0. The average Bonchev–Trinajstić information content (AvgIpc) is 3.35. The first kappa shape index (κ1) is 65.6. The fourth-order valence-electron chi connectivity index (χ4n) is 8.05. The van der Waals surface area contributed by atoms with Crippen molar-refractivity contribution in [2.45, 2.75) is 284 Å². The summed E-state index contributed by atoms with van der Waals surface area (Å²) in [6.07, 6.45) is 74.2. The van der Waals surface area contributed by atoms with Gasteiger partial charge in [-0.2, -0.15) is 0 Å². The number of unbranched alkanes of at least 4 members (excludes halogenated alkanes) is 31. The highest BCUT2D eigenvalue weighted by atomic mass is 16.6. The maximum absolute atomic E-state index is 12.9. The molecule has 0 heterocycles. The molecule has 0 saturated heterocycles. The molecule has 0 N–H and O–H groups in total. The van der Waals surface area contributed by atoms with Crippen LogP contribution in [0.3, 0.4) is 0 Å². The van der Waals surface area contributed by atoms with Crippen LogP contribution in [0.4, 0.5) is 0 Å². The zero-order chi connectivity index (χ0) is 50.0. The summed E-state index contributed by atoms with van der Waals surface area (Å²) in [5.74, 6) is -0.933. The van der Waals surface area contributed by atoms with Gasteiger partial charge in [-0.3, -0.25) is 14.4 Å². The summed E-state index contributed by atoms with van der Waals surface area (Å²) >= 11 is 0. The topological polar surface area (TPSA) is 78.9 Å². The third-order valence-corrected chi connectivity index (χ3v) is 12.5. The molecule has 0 fully saturated rings. The molecule has 0 rings (SSSR count). The maximum Gasteiger partial charge on any atom is 0.306 e. The van der Waals surface area contributed by atoms with Gasteiger partial charge in [-0.25, -0.2) is 0 Å². The number of allylic oxidation sites excluding steroid dienone is 14. The summed E-state index contributed by atoms with van der Waals surface area (Å²) < 4.78 is 16.8. The van der Waals surface area contributed by atoms with E-state index < -0.39 is 6.10 Å². The highest BCUT2D eigenvalue weighted by Gasteiger charge is 2.19. The van der Waals surface area contributed by atoms with Crippen LogP contribution in [0.1, 0.15) is 278 Å². The lowest BCUT2D eigenvalue weighted by Gasteiger charge is -2.18. The van der Waals surface area contributed by atoms with Crippen LogP contribution in [0.15, 0.2) is 85.1 Å². The molecule has 0 saturated carbocycles. The second kappa shape index (κ2) is 57.2. The van der Waals surface area contributed by atoms with Gasteiger partial charge >= 0.3 is 17.9 Å². The number of carbonyl (C=O) groups excluding carboxylic acids is 3. The average molecular weight is 962 g/mol.